The van der Waals surface area contributed by atoms with Crippen LogP contribution in [0.25, 0.3) is 0 Å². The minimum Gasteiger partial charge on any atom is -0.494 e. The van der Waals surface area contributed by atoms with Crippen molar-refractivity contribution in [1.82, 2.24) is 4.90 Å². The summed E-state index contributed by atoms with van der Waals surface area (Å²) < 4.78 is 12.2. The number of benzene rings is 2. The molecule has 2 aromatic rings. The molecule has 3 aliphatic rings. The molecule has 3 amide bonds. The molecule has 43 heavy (non-hydrogen) atoms. The number of rotatable bonds is 12. The van der Waals surface area contributed by atoms with Crippen LogP contribution in [-0.4, -0.2) is 78.3 Å². The van der Waals surface area contributed by atoms with Crippen LogP contribution >= 0.6 is 0 Å². The van der Waals surface area contributed by atoms with Gasteiger partial charge in [0.1, 0.15) is 17.4 Å². The highest BCUT2D eigenvalue weighted by Crippen LogP contribution is 2.59. The zero-order valence-electron chi connectivity index (χ0n) is 25.2. The molecule has 0 radical (unpaired) electrons. The molecule has 2 unspecified atom stereocenters. The zero-order valence-corrected chi connectivity index (χ0v) is 25.2. The summed E-state index contributed by atoms with van der Waals surface area (Å²) in [6.07, 6.45) is 3.82. The average Bonchev–Trinajstić information content (AvgIpc) is 3.63. The van der Waals surface area contributed by atoms with Crippen LogP contribution in [-0.2, 0) is 19.1 Å². The van der Waals surface area contributed by atoms with E-state index in [1.165, 1.54) is 4.90 Å². The van der Waals surface area contributed by atoms with Crippen molar-refractivity contribution in [2.75, 3.05) is 42.6 Å². The van der Waals surface area contributed by atoms with Crippen LogP contribution < -0.4 is 14.5 Å². The van der Waals surface area contributed by atoms with Crippen molar-refractivity contribution in [1.29, 1.82) is 0 Å². The Bertz CT molecular complexity index is 1390. The first kappa shape index (κ1) is 30.5. The predicted molar refractivity (Wildman–Crippen MR) is 165 cm³/mol. The molecular weight excluding hydrogens is 546 g/mol. The van der Waals surface area contributed by atoms with E-state index in [0.29, 0.717) is 30.9 Å². The number of likely N-dealkylation sites (tertiary alicyclic amines) is 1. The second kappa shape index (κ2) is 12.3. The minimum atomic E-state index is -1.18. The second-order valence-corrected chi connectivity index (χ2v) is 11.5. The Balaban J connectivity index is 1.54. The summed E-state index contributed by atoms with van der Waals surface area (Å²) in [5.41, 5.74) is 2.08. The van der Waals surface area contributed by atoms with Gasteiger partial charge in [0.15, 0.2) is 0 Å². The molecule has 0 aliphatic carbocycles. The number of para-hydroxylation sites is 1. The van der Waals surface area contributed by atoms with Crippen molar-refractivity contribution >= 4 is 29.1 Å². The molecule has 228 valence electrons. The minimum absolute atomic E-state index is 0.0353. The molecule has 0 saturated carbocycles. The number of nitrogens with zero attached hydrogens (tertiary/aromatic N) is 3. The van der Waals surface area contributed by atoms with Crippen LogP contribution in [0.1, 0.15) is 30.9 Å². The molecule has 2 bridgehead atoms. The van der Waals surface area contributed by atoms with Gasteiger partial charge in [0.2, 0.25) is 11.8 Å². The van der Waals surface area contributed by atoms with Crippen LogP contribution in [0.15, 0.2) is 67.8 Å². The number of hydrogen-bond acceptors (Lipinski definition) is 6. The van der Waals surface area contributed by atoms with Crippen molar-refractivity contribution in [3.63, 3.8) is 0 Å². The highest BCUT2D eigenvalue weighted by atomic mass is 16.5. The fraction of sp³-hybridized carbons (Fsp3) is 0.441. The molecule has 3 saturated heterocycles. The van der Waals surface area contributed by atoms with Gasteiger partial charge in [-0.3, -0.25) is 14.4 Å². The molecule has 3 heterocycles. The van der Waals surface area contributed by atoms with E-state index in [0.717, 1.165) is 16.8 Å². The van der Waals surface area contributed by atoms with Crippen molar-refractivity contribution in [3.8, 4) is 5.75 Å². The van der Waals surface area contributed by atoms with Gasteiger partial charge in [-0.1, -0.05) is 30.4 Å². The summed E-state index contributed by atoms with van der Waals surface area (Å²) in [6, 6.07) is 12.1. The molecule has 5 rings (SSSR count). The van der Waals surface area contributed by atoms with Crippen molar-refractivity contribution < 1.29 is 29.0 Å². The van der Waals surface area contributed by atoms with E-state index in [1.807, 2.05) is 51.1 Å². The SMILES string of the molecule is C=CCN(C(=O)[C@@H]1[C@@H]2CCC3(O2)C(C(=O)N(CC=C)c2c(C)cccc2C)N(CCO)C(=O)[C@H]13)c1ccc(OCC)cc1. The zero-order chi connectivity index (χ0) is 30.9. The number of anilines is 2. The fourth-order valence-corrected chi connectivity index (χ4v) is 7.38. The molecule has 2 aromatic carbocycles. The first-order chi connectivity index (χ1) is 20.7. The summed E-state index contributed by atoms with van der Waals surface area (Å²) in [6.45, 7) is 14.2. The van der Waals surface area contributed by atoms with E-state index >= 15 is 0 Å². The number of carbonyl (C=O) groups is 3. The Morgan fingerprint density at radius 3 is 2.33 bits per heavy atom. The van der Waals surface area contributed by atoms with E-state index in [1.54, 1.807) is 34.1 Å². The number of ether oxygens (including phenoxy) is 2. The third kappa shape index (κ3) is 5.04. The van der Waals surface area contributed by atoms with E-state index in [-0.39, 0.29) is 44.0 Å². The average molecular weight is 588 g/mol. The lowest BCUT2D eigenvalue weighted by atomic mass is 9.70. The lowest BCUT2D eigenvalue weighted by molar-refractivity contribution is -0.141. The number of amides is 3. The fourth-order valence-electron chi connectivity index (χ4n) is 7.38. The smallest absolute Gasteiger partial charge is 0.253 e. The number of aryl methyl sites for hydroxylation is 2. The number of carbonyl (C=O) groups excluding carboxylic acids is 3. The summed E-state index contributed by atoms with van der Waals surface area (Å²) in [7, 11) is 0. The van der Waals surface area contributed by atoms with Gasteiger partial charge in [-0.2, -0.15) is 0 Å². The van der Waals surface area contributed by atoms with Crippen LogP contribution in [0.3, 0.4) is 0 Å². The standard InChI is InChI=1S/C34H41N3O6/c1-6-18-35(24-12-14-25(15-13-24)42-8-3)31(39)27-26-16-17-34(43-26)28(27)32(40)37(20-21-38)30(34)33(41)36(19-7-2)29-22(4)10-9-11-23(29)5/h6-7,9-15,26-28,30,38H,1-2,8,16-21H2,3-5H3/t26-,27+,28-,30?,34?/m0/s1. The molecule has 0 aromatic heterocycles. The Labute approximate surface area is 253 Å². The van der Waals surface area contributed by atoms with E-state index in [9.17, 15) is 19.5 Å². The normalized spacial score (nSPS) is 25.4. The molecular formula is C34H41N3O6. The van der Waals surface area contributed by atoms with Crippen LogP contribution in [0.5, 0.6) is 5.75 Å². The van der Waals surface area contributed by atoms with Gasteiger partial charge in [-0.05, 0) is 69.0 Å². The highest BCUT2D eigenvalue weighted by Gasteiger charge is 2.75. The molecule has 9 heteroatoms. The maximum atomic E-state index is 14.6. The van der Waals surface area contributed by atoms with Gasteiger partial charge >= 0.3 is 0 Å². The third-order valence-electron chi connectivity index (χ3n) is 8.98. The Morgan fingerprint density at radius 1 is 1.07 bits per heavy atom. The summed E-state index contributed by atoms with van der Waals surface area (Å²) in [5, 5.41) is 9.99. The predicted octanol–water partition coefficient (Wildman–Crippen LogP) is 3.81. The first-order valence-corrected chi connectivity index (χ1v) is 15.0. The topological polar surface area (TPSA) is 99.6 Å². The lowest BCUT2D eigenvalue weighted by Gasteiger charge is -2.37. The number of hydrogen-bond donors (Lipinski definition) is 1. The van der Waals surface area contributed by atoms with Crippen LogP contribution in [0, 0.1) is 25.7 Å². The number of aliphatic hydroxyl groups excluding tert-OH is 1. The van der Waals surface area contributed by atoms with Gasteiger partial charge in [-0.15, -0.1) is 13.2 Å². The highest BCUT2D eigenvalue weighted by molar-refractivity contribution is 6.07. The quantitative estimate of drug-likeness (QED) is 0.380. The van der Waals surface area contributed by atoms with Crippen molar-refractivity contribution in [2.24, 2.45) is 11.8 Å². The van der Waals surface area contributed by atoms with Gasteiger partial charge < -0.3 is 29.3 Å². The van der Waals surface area contributed by atoms with Crippen LogP contribution in [0.4, 0.5) is 11.4 Å². The Morgan fingerprint density at radius 2 is 1.72 bits per heavy atom. The van der Waals surface area contributed by atoms with Gasteiger partial charge in [0.05, 0.1) is 31.2 Å². The molecule has 3 fully saturated rings. The van der Waals surface area contributed by atoms with Gasteiger partial charge in [-0.25, -0.2) is 0 Å². The summed E-state index contributed by atoms with van der Waals surface area (Å²) in [5.74, 6) is -1.82. The molecule has 9 nitrogen and oxygen atoms in total. The number of fused-ring (bicyclic) bond motifs is 1. The molecule has 5 atom stereocenters. The van der Waals surface area contributed by atoms with E-state index < -0.39 is 29.6 Å². The second-order valence-electron chi connectivity index (χ2n) is 11.5. The molecule has 3 aliphatic heterocycles. The third-order valence-corrected chi connectivity index (χ3v) is 8.98. The van der Waals surface area contributed by atoms with Crippen molar-refractivity contribution in [3.05, 3.63) is 78.9 Å². The van der Waals surface area contributed by atoms with E-state index in [2.05, 4.69) is 13.2 Å². The molecule has 1 spiro atoms. The van der Waals surface area contributed by atoms with Gasteiger partial charge in [0, 0.05) is 31.0 Å². The monoisotopic (exact) mass is 587 g/mol. The summed E-state index contributed by atoms with van der Waals surface area (Å²) in [4.78, 5) is 47.9. The Hall–Kier alpha value is -3.95. The van der Waals surface area contributed by atoms with E-state index in [4.69, 9.17) is 9.47 Å². The largest absolute Gasteiger partial charge is 0.494 e. The van der Waals surface area contributed by atoms with Crippen molar-refractivity contribution in [2.45, 2.75) is 51.4 Å². The number of aliphatic hydroxyl groups is 1. The lowest BCUT2D eigenvalue weighted by Crippen LogP contribution is -2.57. The first-order valence-electron chi connectivity index (χ1n) is 15.0. The van der Waals surface area contributed by atoms with Crippen LogP contribution in [0.2, 0.25) is 0 Å². The Kier molecular flexibility index (Phi) is 8.76. The number of β-amino-alcohol motifs (C(OH)–C–C–N with tert-alkyl or cyclic N) is 1. The van der Waals surface area contributed by atoms with Gasteiger partial charge in [0.25, 0.3) is 5.91 Å². The maximum Gasteiger partial charge on any atom is 0.253 e. The maximum absolute atomic E-state index is 14.6. The molecule has 1 N–H and O–H groups in total. The summed E-state index contributed by atoms with van der Waals surface area (Å²) >= 11 is 0.